The average Bonchev–Trinajstić information content (AvgIpc) is 2.17. The Morgan fingerprint density at radius 2 is 2.33 bits per heavy atom. The SMILES string of the molecule is OCC1OCc2ccccc2S1. The van der Waals surface area contributed by atoms with Gasteiger partial charge in [0.1, 0.15) is 5.44 Å². The summed E-state index contributed by atoms with van der Waals surface area (Å²) < 4.78 is 5.37. The predicted molar refractivity (Wildman–Crippen MR) is 48.0 cm³/mol. The lowest BCUT2D eigenvalue weighted by molar-refractivity contribution is 0.0525. The second kappa shape index (κ2) is 3.47. The van der Waals surface area contributed by atoms with Crippen molar-refractivity contribution in [3.8, 4) is 0 Å². The molecule has 1 N–H and O–H groups in total. The van der Waals surface area contributed by atoms with Crippen molar-refractivity contribution in [2.75, 3.05) is 6.61 Å². The Hall–Kier alpha value is -0.510. The van der Waals surface area contributed by atoms with E-state index in [9.17, 15) is 0 Å². The predicted octanol–water partition coefficient (Wildman–Crippen LogP) is 1.63. The van der Waals surface area contributed by atoms with Crippen LogP contribution in [0.1, 0.15) is 5.56 Å². The minimum absolute atomic E-state index is 0.0823. The number of rotatable bonds is 1. The first-order chi connectivity index (χ1) is 5.90. The van der Waals surface area contributed by atoms with Crippen LogP contribution in [0.3, 0.4) is 0 Å². The van der Waals surface area contributed by atoms with Crippen molar-refractivity contribution in [2.24, 2.45) is 0 Å². The van der Waals surface area contributed by atoms with E-state index >= 15 is 0 Å². The van der Waals surface area contributed by atoms with Gasteiger partial charge in [-0.3, -0.25) is 0 Å². The molecule has 2 nitrogen and oxygen atoms in total. The van der Waals surface area contributed by atoms with Crippen LogP contribution < -0.4 is 0 Å². The Morgan fingerprint density at radius 3 is 3.17 bits per heavy atom. The smallest absolute Gasteiger partial charge is 0.131 e. The highest BCUT2D eigenvalue weighted by Gasteiger charge is 2.17. The summed E-state index contributed by atoms with van der Waals surface area (Å²) in [6, 6.07) is 8.12. The number of thioether (sulfide) groups is 1. The molecule has 2 rings (SSSR count). The van der Waals surface area contributed by atoms with Crippen molar-refractivity contribution < 1.29 is 9.84 Å². The highest BCUT2D eigenvalue weighted by Crippen LogP contribution is 2.32. The van der Waals surface area contributed by atoms with Crippen molar-refractivity contribution in [1.29, 1.82) is 0 Å². The number of fused-ring (bicyclic) bond motifs is 1. The molecule has 0 amide bonds. The van der Waals surface area contributed by atoms with Gasteiger partial charge in [-0.25, -0.2) is 0 Å². The lowest BCUT2D eigenvalue weighted by Crippen LogP contribution is -2.17. The Balaban J connectivity index is 2.23. The van der Waals surface area contributed by atoms with E-state index in [1.165, 1.54) is 10.5 Å². The molecule has 1 aliphatic rings. The van der Waals surface area contributed by atoms with Gasteiger partial charge in [-0.15, -0.1) is 0 Å². The molecule has 1 aliphatic heterocycles. The first kappa shape index (κ1) is 8.10. The third-order valence-corrected chi connectivity index (χ3v) is 3.01. The summed E-state index contributed by atoms with van der Waals surface area (Å²) in [5, 5.41) is 8.87. The Kier molecular flexibility index (Phi) is 2.35. The van der Waals surface area contributed by atoms with E-state index in [0.717, 1.165) is 0 Å². The molecule has 1 aromatic carbocycles. The number of aliphatic hydroxyl groups excluding tert-OH is 1. The Bertz CT molecular complexity index is 275. The van der Waals surface area contributed by atoms with Gasteiger partial charge in [0.05, 0.1) is 13.2 Å². The largest absolute Gasteiger partial charge is 0.393 e. The zero-order valence-electron chi connectivity index (χ0n) is 6.56. The summed E-state index contributed by atoms with van der Waals surface area (Å²) in [5.41, 5.74) is 1.13. The molecule has 0 bridgehead atoms. The van der Waals surface area contributed by atoms with Gasteiger partial charge in [0.15, 0.2) is 0 Å². The molecule has 64 valence electrons. The van der Waals surface area contributed by atoms with Crippen molar-refractivity contribution in [2.45, 2.75) is 16.9 Å². The molecule has 1 unspecified atom stereocenters. The summed E-state index contributed by atoms with van der Waals surface area (Å²) >= 11 is 1.58. The second-order valence-electron chi connectivity index (χ2n) is 2.65. The van der Waals surface area contributed by atoms with Crippen molar-refractivity contribution in [3.63, 3.8) is 0 Å². The van der Waals surface area contributed by atoms with E-state index in [1.807, 2.05) is 12.1 Å². The molecule has 0 spiro atoms. The van der Waals surface area contributed by atoms with Gasteiger partial charge in [-0.2, -0.15) is 0 Å². The van der Waals surface area contributed by atoms with Crippen LogP contribution in [0.4, 0.5) is 0 Å². The first-order valence-electron chi connectivity index (χ1n) is 3.87. The molecule has 12 heavy (non-hydrogen) atoms. The van der Waals surface area contributed by atoms with Crippen LogP contribution >= 0.6 is 11.8 Å². The molecule has 1 atom stereocenters. The summed E-state index contributed by atoms with van der Waals surface area (Å²) in [6.07, 6.45) is 0. The van der Waals surface area contributed by atoms with Crippen molar-refractivity contribution in [3.05, 3.63) is 29.8 Å². The normalized spacial score (nSPS) is 21.9. The van der Waals surface area contributed by atoms with Crippen LogP contribution in [0.15, 0.2) is 29.2 Å². The molecule has 1 aromatic rings. The van der Waals surface area contributed by atoms with Gasteiger partial charge in [-0.1, -0.05) is 30.0 Å². The monoisotopic (exact) mass is 182 g/mol. The standard InChI is InChI=1S/C9H10O2S/c10-5-9-11-6-7-3-1-2-4-8(7)12-9/h1-4,9-10H,5-6H2. The van der Waals surface area contributed by atoms with E-state index in [4.69, 9.17) is 9.84 Å². The van der Waals surface area contributed by atoms with E-state index in [2.05, 4.69) is 12.1 Å². The van der Waals surface area contributed by atoms with Crippen molar-refractivity contribution in [1.82, 2.24) is 0 Å². The lowest BCUT2D eigenvalue weighted by atomic mass is 10.2. The Labute approximate surface area is 75.6 Å². The molecular weight excluding hydrogens is 172 g/mol. The highest BCUT2D eigenvalue weighted by atomic mass is 32.2. The number of hydrogen-bond donors (Lipinski definition) is 1. The number of aliphatic hydroxyl groups is 1. The number of benzene rings is 1. The maximum atomic E-state index is 8.87. The number of hydrogen-bond acceptors (Lipinski definition) is 3. The molecule has 0 aromatic heterocycles. The molecular formula is C9H10O2S. The van der Waals surface area contributed by atoms with Gasteiger partial charge in [0.25, 0.3) is 0 Å². The fourth-order valence-corrected chi connectivity index (χ4v) is 2.12. The summed E-state index contributed by atoms with van der Waals surface area (Å²) in [7, 11) is 0. The lowest BCUT2D eigenvalue weighted by Gasteiger charge is -2.22. The minimum Gasteiger partial charge on any atom is -0.393 e. The topological polar surface area (TPSA) is 29.5 Å². The average molecular weight is 182 g/mol. The van der Waals surface area contributed by atoms with E-state index in [0.29, 0.717) is 6.61 Å². The first-order valence-corrected chi connectivity index (χ1v) is 4.75. The number of ether oxygens (including phenoxy) is 1. The Morgan fingerprint density at radius 1 is 1.50 bits per heavy atom. The van der Waals surface area contributed by atoms with Crippen LogP contribution in [0.5, 0.6) is 0 Å². The summed E-state index contributed by atoms with van der Waals surface area (Å²) in [6.45, 7) is 0.702. The van der Waals surface area contributed by atoms with Crippen LogP contribution in [-0.2, 0) is 11.3 Å². The van der Waals surface area contributed by atoms with Crippen molar-refractivity contribution >= 4 is 11.8 Å². The van der Waals surface area contributed by atoms with E-state index < -0.39 is 0 Å². The zero-order valence-corrected chi connectivity index (χ0v) is 7.38. The van der Waals surface area contributed by atoms with E-state index in [-0.39, 0.29) is 12.0 Å². The van der Waals surface area contributed by atoms with Gasteiger partial charge in [0.2, 0.25) is 0 Å². The quantitative estimate of drug-likeness (QED) is 0.715. The van der Waals surface area contributed by atoms with Crippen LogP contribution in [0.2, 0.25) is 0 Å². The van der Waals surface area contributed by atoms with E-state index in [1.54, 1.807) is 11.8 Å². The van der Waals surface area contributed by atoms with Gasteiger partial charge in [-0.05, 0) is 11.6 Å². The fourth-order valence-electron chi connectivity index (χ4n) is 1.19. The van der Waals surface area contributed by atoms with Gasteiger partial charge < -0.3 is 9.84 Å². The molecule has 0 aliphatic carbocycles. The van der Waals surface area contributed by atoms with Crippen LogP contribution in [-0.4, -0.2) is 17.1 Å². The van der Waals surface area contributed by atoms with Crippen LogP contribution in [0.25, 0.3) is 0 Å². The summed E-state index contributed by atoms with van der Waals surface area (Å²) in [5.74, 6) is 0. The van der Waals surface area contributed by atoms with Gasteiger partial charge in [0, 0.05) is 4.90 Å². The summed E-state index contributed by atoms with van der Waals surface area (Å²) in [4.78, 5) is 1.22. The molecule has 3 heteroatoms. The molecule has 0 saturated heterocycles. The minimum atomic E-state index is -0.0834. The maximum absolute atomic E-state index is 8.87. The second-order valence-corrected chi connectivity index (χ2v) is 3.85. The van der Waals surface area contributed by atoms with Crippen LogP contribution in [0, 0.1) is 0 Å². The van der Waals surface area contributed by atoms with Gasteiger partial charge >= 0.3 is 0 Å². The zero-order chi connectivity index (χ0) is 8.39. The molecule has 1 heterocycles. The third-order valence-electron chi connectivity index (χ3n) is 1.80. The highest BCUT2D eigenvalue weighted by molar-refractivity contribution is 7.99. The maximum Gasteiger partial charge on any atom is 0.131 e. The molecule has 0 fully saturated rings. The molecule has 0 radical (unpaired) electrons. The third kappa shape index (κ3) is 1.48. The molecule has 0 saturated carbocycles. The fraction of sp³-hybridized carbons (Fsp3) is 0.333.